The molecule has 0 radical (unpaired) electrons. The van der Waals surface area contributed by atoms with Crippen molar-refractivity contribution in [2.24, 2.45) is 0 Å². The van der Waals surface area contributed by atoms with Crippen molar-refractivity contribution < 1.29 is 18.3 Å². The summed E-state index contributed by atoms with van der Waals surface area (Å²) in [6.07, 6.45) is 5.42. The number of pyridine rings is 1. The molecule has 0 unspecified atom stereocenters. The Labute approximate surface area is 170 Å². The van der Waals surface area contributed by atoms with Gasteiger partial charge in [-0.05, 0) is 31.1 Å². The third-order valence-corrected chi connectivity index (χ3v) is 5.40. The lowest BCUT2D eigenvalue weighted by molar-refractivity contribution is 0.161. The Morgan fingerprint density at radius 1 is 1.32 bits per heavy atom. The van der Waals surface area contributed by atoms with Crippen LogP contribution in [0.5, 0.6) is 5.75 Å². The van der Waals surface area contributed by atoms with Gasteiger partial charge >= 0.3 is 0 Å². The van der Waals surface area contributed by atoms with Crippen molar-refractivity contribution in [2.75, 3.05) is 18.9 Å². The Balaban J connectivity index is 1.75. The Morgan fingerprint density at radius 2 is 2.14 bits per heavy atom. The molecule has 5 nitrogen and oxygen atoms in total. The number of furan rings is 1. The van der Waals surface area contributed by atoms with Crippen molar-refractivity contribution in [2.45, 2.75) is 19.4 Å². The quantitative estimate of drug-likeness (QED) is 0.537. The molecule has 0 spiro atoms. The van der Waals surface area contributed by atoms with Crippen molar-refractivity contribution in [3.05, 3.63) is 57.7 Å². The molecule has 1 aliphatic heterocycles. The first kappa shape index (κ1) is 19.1. The monoisotopic (exact) mass is 422 g/mol. The summed E-state index contributed by atoms with van der Waals surface area (Å²) in [5.41, 5.74) is 8.87. The van der Waals surface area contributed by atoms with E-state index >= 15 is 0 Å². The minimum absolute atomic E-state index is 0.0915. The highest BCUT2D eigenvalue weighted by molar-refractivity contribution is 6.36. The van der Waals surface area contributed by atoms with Gasteiger partial charge in [0.25, 0.3) is 0 Å². The van der Waals surface area contributed by atoms with Gasteiger partial charge in [-0.3, -0.25) is 0 Å². The minimum atomic E-state index is -0.679. The summed E-state index contributed by atoms with van der Waals surface area (Å²) >= 11 is 12.3. The van der Waals surface area contributed by atoms with Crippen LogP contribution in [0.3, 0.4) is 0 Å². The Kier molecular flexibility index (Phi) is 5.19. The van der Waals surface area contributed by atoms with Gasteiger partial charge in [-0.15, -0.1) is 0 Å². The highest BCUT2D eigenvalue weighted by atomic mass is 35.5. The van der Waals surface area contributed by atoms with Gasteiger partial charge in [0, 0.05) is 22.3 Å². The Morgan fingerprint density at radius 3 is 2.89 bits per heavy atom. The summed E-state index contributed by atoms with van der Waals surface area (Å²) in [6, 6.07) is 2.64. The van der Waals surface area contributed by atoms with E-state index in [0.29, 0.717) is 29.4 Å². The van der Waals surface area contributed by atoms with Crippen LogP contribution < -0.4 is 10.5 Å². The fraction of sp³-hybridized carbons (Fsp3) is 0.250. The molecule has 3 aromatic rings. The van der Waals surface area contributed by atoms with Gasteiger partial charge in [0.05, 0.1) is 29.9 Å². The van der Waals surface area contributed by atoms with Crippen LogP contribution in [0.15, 0.2) is 35.1 Å². The van der Waals surface area contributed by atoms with Gasteiger partial charge in [0.1, 0.15) is 11.9 Å². The molecule has 4 rings (SSSR count). The number of halogens is 3. The molecule has 2 N–H and O–H groups in total. The maximum absolute atomic E-state index is 13.9. The highest BCUT2D eigenvalue weighted by Crippen LogP contribution is 2.41. The molecular weight excluding hydrogens is 406 g/mol. The molecule has 1 aromatic carbocycles. The molecule has 0 saturated heterocycles. The molecule has 0 amide bonds. The minimum Gasteiger partial charge on any atom is -0.478 e. The molecule has 1 atom stereocenters. The Hall–Kier alpha value is -2.28. The van der Waals surface area contributed by atoms with E-state index in [2.05, 4.69) is 4.98 Å². The predicted molar refractivity (Wildman–Crippen MR) is 107 cm³/mol. The highest BCUT2D eigenvalue weighted by Gasteiger charge is 2.23. The molecule has 8 heteroatoms. The van der Waals surface area contributed by atoms with E-state index in [1.807, 2.05) is 6.08 Å². The van der Waals surface area contributed by atoms with E-state index in [1.54, 1.807) is 19.4 Å². The smallest absolute Gasteiger partial charge is 0.205 e. The maximum atomic E-state index is 13.9. The van der Waals surface area contributed by atoms with E-state index in [-0.39, 0.29) is 16.6 Å². The van der Waals surface area contributed by atoms with Crippen LogP contribution in [-0.4, -0.2) is 18.2 Å². The van der Waals surface area contributed by atoms with Crippen LogP contribution in [0.25, 0.3) is 16.5 Å². The third-order valence-electron chi connectivity index (χ3n) is 4.69. The van der Waals surface area contributed by atoms with Gasteiger partial charge in [-0.2, -0.15) is 0 Å². The van der Waals surface area contributed by atoms with E-state index in [9.17, 15) is 4.39 Å². The summed E-state index contributed by atoms with van der Waals surface area (Å²) in [5.74, 6) is -0.155. The molecule has 0 fully saturated rings. The van der Waals surface area contributed by atoms with Gasteiger partial charge in [0.15, 0.2) is 11.4 Å². The van der Waals surface area contributed by atoms with Crippen LogP contribution in [0, 0.1) is 5.82 Å². The van der Waals surface area contributed by atoms with E-state index in [0.717, 1.165) is 22.9 Å². The number of nitrogen functional groups attached to an aromatic ring is 1. The van der Waals surface area contributed by atoms with Crippen molar-refractivity contribution in [1.29, 1.82) is 0 Å². The molecule has 28 heavy (non-hydrogen) atoms. The first-order chi connectivity index (χ1) is 13.5. The van der Waals surface area contributed by atoms with Crippen molar-refractivity contribution in [3.63, 3.8) is 0 Å². The average molecular weight is 423 g/mol. The number of ether oxygens (including phenoxy) is 2. The van der Waals surface area contributed by atoms with Crippen LogP contribution >= 0.6 is 23.2 Å². The van der Waals surface area contributed by atoms with Gasteiger partial charge in [-0.1, -0.05) is 29.3 Å². The van der Waals surface area contributed by atoms with Crippen molar-refractivity contribution in [1.82, 2.24) is 4.98 Å². The zero-order valence-electron chi connectivity index (χ0n) is 15.0. The average Bonchev–Trinajstić information content (AvgIpc) is 3.12. The van der Waals surface area contributed by atoms with E-state index in [1.165, 1.54) is 12.1 Å². The van der Waals surface area contributed by atoms with E-state index in [4.69, 9.17) is 42.8 Å². The molecule has 146 valence electrons. The first-order valence-electron chi connectivity index (χ1n) is 8.70. The second-order valence-corrected chi connectivity index (χ2v) is 7.22. The van der Waals surface area contributed by atoms with Gasteiger partial charge < -0.3 is 19.6 Å². The van der Waals surface area contributed by atoms with Crippen LogP contribution in [0.1, 0.15) is 30.6 Å². The number of fused-ring (bicyclic) bond motifs is 1. The summed E-state index contributed by atoms with van der Waals surface area (Å²) in [5, 5.41) is 0.984. The lowest BCUT2D eigenvalue weighted by Crippen LogP contribution is -2.08. The lowest BCUT2D eigenvalue weighted by Gasteiger charge is -2.19. The molecule has 1 aliphatic rings. The third kappa shape index (κ3) is 3.32. The number of nitrogens with zero attached hydrogens (tertiary/aromatic N) is 1. The maximum Gasteiger partial charge on any atom is 0.205 e. The molecule has 3 heterocycles. The summed E-state index contributed by atoms with van der Waals surface area (Å²) in [7, 11) is 0. The first-order valence-corrected chi connectivity index (χ1v) is 9.45. The number of anilines is 1. The standard InChI is InChI=1S/C20H17Cl2FN2O3/c1-10(16-14(21)2-3-15(23)17(16)22)28-19-18-12(8-25-20(19)24)13(9-27-18)11-4-6-26-7-5-11/h2-4,8-10H,5-7H2,1H3,(H2,24,25)/t10-/m1/s1. The number of benzene rings is 1. The molecule has 0 saturated carbocycles. The second-order valence-electron chi connectivity index (χ2n) is 6.44. The normalized spacial score (nSPS) is 15.5. The summed E-state index contributed by atoms with van der Waals surface area (Å²) < 4.78 is 31.0. The van der Waals surface area contributed by atoms with Crippen molar-refractivity contribution in [3.8, 4) is 5.75 Å². The number of nitrogens with two attached hydrogens (primary N) is 1. The van der Waals surface area contributed by atoms with Crippen LogP contribution in [-0.2, 0) is 4.74 Å². The van der Waals surface area contributed by atoms with Gasteiger partial charge in [-0.25, -0.2) is 9.37 Å². The van der Waals surface area contributed by atoms with Crippen molar-refractivity contribution >= 4 is 45.6 Å². The molecule has 0 bridgehead atoms. The van der Waals surface area contributed by atoms with Gasteiger partial charge in [0.2, 0.25) is 5.75 Å². The lowest BCUT2D eigenvalue weighted by atomic mass is 10.0. The summed E-state index contributed by atoms with van der Waals surface area (Å²) in [4.78, 5) is 4.24. The fourth-order valence-corrected chi connectivity index (χ4v) is 3.94. The number of aromatic nitrogens is 1. The molecule has 0 aliphatic carbocycles. The summed E-state index contributed by atoms with van der Waals surface area (Å²) in [6.45, 7) is 2.91. The number of hydrogen-bond donors (Lipinski definition) is 1. The topological polar surface area (TPSA) is 70.5 Å². The molecular formula is C20H17Cl2FN2O3. The van der Waals surface area contributed by atoms with Crippen LogP contribution in [0.4, 0.5) is 10.2 Å². The fourth-order valence-electron chi connectivity index (χ4n) is 3.27. The Bertz CT molecular complexity index is 1080. The largest absolute Gasteiger partial charge is 0.478 e. The van der Waals surface area contributed by atoms with E-state index < -0.39 is 11.9 Å². The predicted octanol–water partition coefficient (Wildman–Crippen LogP) is 5.80. The second kappa shape index (κ2) is 7.62. The van der Waals surface area contributed by atoms with Crippen LogP contribution in [0.2, 0.25) is 10.0 Å². The molecule has 2 aromatic heterocycles. The SMILES string of the molecule is C[C@@H](Oc1c(N)ncc2c(C3=CCOCC3)coc12)c1c(Cl)ccc(F)c1Cl. The number of rotatable bonds is 4. The number of hydrogen-bond acceptors (Lipinski definition) is 5. The zero-order valence-corrected chi connectivity index (χ0v) is 16.5. The zero-order chi connectivity index (χ0) is 19.8.